The molecular formula is C15H15F3N2. The van der Waals surface area contributed by atoms with Gasteiger partial charge in [0, 0.05) is 23.7 Å². The zero-order valence-corrected chi connectivity index (χ0v) is 11.2. The molecule has 0 bridgehead atoms. The van der Waals surface area contributed by atoms with Crippen LogP contribution in [0.25, 0.3) is 0 Å². The summed E-state index contributed by atoms with van der Waals surface area (Å²) in [5.41, 5.74) is 1.03. The fraction of sp³-hybridized carbons (Fsp3) is 0.267. The normalized spacial score (nSPS) is 14.1. The highest BCUT2D eigenvalue weighted by atomic mass is 19.1. The van der Waals surface area contributed by atoms with Crippen molar-refractivity contribution in [3.8, 4) is 0 Å². The molecule has 106 valence electrons. The van der Waals surface area contributed by atoms with E-state index in [0.29, 0.717) is 11.3 Å². The van der Waals surface area contributed by atoms with Crippen molar-refractivity contribution in [3.63, 3.8) is 0 Å². The van der Waals surface area contributed by atoms with Crippen LogP contribution in [0.3, 0.4) is 0 Å². The van der Waals surface area contributed by atoms with E-state index < -0.39 is 17.5 Å². The van der Waals surface area contributed by atoms with Crippen molar-refractivity contribution in [1.29, 1.82) is 0 Å². The van der Waals surface area contributed by atoms with Crippen LogP contribution in [0.2, 0.25) is 0 Å². The Kier molecular flexibility index (Phi) is 4.39. The van der Waals surface area contributed by atoms with E-state index in [0.717, 1.165) is 12.3 Å². The second-order valence-electron chi connectivity index (χ2n) is 4.68. The van der Waals surface area contributed by atoms with Crippen LogP contribution < -0.4 is 5.32 Å². The van der Waals surface area contributed by atoms with Crippen molar-refractivity contribution >= 4 is 0 Å². The second kappa shape index (κ2) is 6.05. The number of benzene rings is 1. The van der Waals surface area contributed by atoms with Crippen molar-refractivity contribution in [2.75, 3.05) is 0 Å². The number of nitrogens with zero attached hydrogens (tertiary/aromatic N) is 1. The molecular weight excluding hydrogens is 265 g/mol. The summed E-state index contributed by atoms with van der Waals surface area (Å²) in [6.45, 7) is 3.62. The van der Waals surface area contributed by atoms with E-state index in [-0.39, 0.29) is 12.1 Å². The minimum Gasteiger partial charge on any atom is -0.302 e. The molecule has 0 radical (unpaired) electrons. The van der Waals surface area contributed by atoms with E-state index in [2.05, 4.69) is 10.3 Å². The van der Waals surface area contributed by atoms with Crippen LogP contribution in [0.4, 0.5) is 13.2 Å². The molecule has 2 unspecified atom stereocenters. The molecule has 20 heavy (non-hydrogen) atoms. The summed E-state index contributed by atoms with van der Waals surface area (Å²) in [6, 6.07) is 5.87. The number of halogens is 3. The molecule has 0 saturated carbocycles. The molecule has 1 N–H and O–H groups in total. The maximum atomic E-state index is 13.7. The minimum atomic E-state index is -0.605. The van der Waals surface area contributed by atoms with Gasteiger partial charge in [-0.05, 0) is 32.0 Å². The lowest BCUT2D eigenvalue weighted by atomic mass is 10.1. The van der Waals surface area contributed by atoms with Crippen LogP contribution in [0, 0.1) is 17.5 Å². The molecule has 0 spiro atoms. The highest BCUT2D eigenvalue weighted by Gasteiger charge is 2.15. The summed E-state index contributed by atoms with van der Waals surface area (Å²) in [4.78, 5) is 3.97. The molecule has 1 aromatic carbocycles. The Morgan fingerprint density at radius 3 is 2.25 bits per heavy atom. The van der Waals surface area contributed by atoms with Gasteiger partial charge in [-0.3, -0.25) is 4.98 Å². The number of hydrogen-bond acceptors (Lipinski definition) is 2. The Morgan fingerprint density at radius 1 is 0.950 bits per heavy atom. The van der Waals surface area contributed by atoms with E-state index in [9.17, 15) is 13.2 Å². The zero-order chi connectivity index (χ0) is 14.7. The van der Waals surface area contributed by atoms with E-state index in [1.807, 2.05) is 6.92 Å². The Labute approximate surface area is 115 Å². The highest BCUT2D eigenvalue weighted by Crippen LogP contribution is 2.21. The lowest BCUT2D eigenvalue weighted by molar-refractivity contribution is 0.463. The van der Waals surface area contributed by atoms with Crippen molar-refractivity contribution in [2.45, 2.75) is 25.9 Å². The first-order valence-electron chi connectivity index (χ1n) is 6.30. The van der Waals surface area contributed by atoms with Gasteiger partial charge in [-0.15, -0.1) is 0 Å². The van der Waals surface area contributed by atoms with Crippen LogP contribution >= 0.6 is 0 Å². The van der Waals surface area contributed by atoms with E-state index in [1.54, 1.807) is 13.0 Å². The maximum absolute atomic E-state index is 13.7. The van der Waals surface area contributed by atoms with Crippen LogP contribution in [0.15, 0.2) is 36.5 Å². The summed E-state index contributed by atoms with van der Waals surface area (Å²) in [5.74, 6) is -1.60. The molecule has 2 aromatic rings. The lowest BCUT2D eigenvalue weighted by Gasteiger charge is -2.20. The third kappa shape index (κ3) is 3.36. The minimum absolute atomic E-state index is 0.185. The summed E-state index contributed by atoms with van der Waals surface area (Å²) < 4.78 is 39.3. The average Bonchev–Trinajstić information content (AvgIpc) is 2.39. The summed E-state index contributed by atoms with van der Waals surface area (Å²) in [7, 11) is 0. The maximum Gasteiger partial charge on any atom is 0.141 e. The third-order valence-corrected chi connectivity index (χ3v) is 3.12. The van der Waals surface area contributed by atoms with Crippen molar-refractivity contribution in [3.05, 3.63) is 65.2 Å². The van der Waals surface area contributed by atoms with E-state index in [4.69, 9.17) is 0 Å². The van der Waals surface area contributed by atoms with Gasteiger partial charge in [0.2, 0.25) is 0 Å². The Balaban J connectivity index is 2.10. The van der Waals surface area contributed by atoms with Gasteiger partial charge in [-0.25, -0.2) is 13.2 Å². The first-order chi connectivity index (χ1) is 9.47. The first kappa shape index (κ1) is 14.5. The number of nitrogens with one attached hydrogen (secondary N) is 1. The third-order valence-electron chi connectivity index (χ3n) is 3.12. The van der Waals surface area contributed by atoms with Crippen molar-refractivity contribution in [1.82, 2.24) is 10.3 Å². The Hall–Kier alpha value is -1.88. The second-order valence-corrected chi connectivity index (χ2v) is 4.68. The van der Waals surface area contributed by atoms with Crippen molar-refractivity contribution in [2.24, 2.45) is 0 Å². The largest absolute Gasteiger partial charge is 0.302 e. The standard InChI is InChI=1S/C15H15F3N2/c1-9(13-5-3-11(16)7-14(13)18)20-10(2)15-6-4-12(17)8-19-15/h3-10,20H,1-2H3. The predicted molar refractivity (Wildman–Crippen MR) is 70.5 cm³/mol. The molecule has 0 aliphatic carbocycles. The Morgan fingerprint density at radius 2 is 1.65 bits per heavy atom. The van der Waals surface area contributed by atoms with Gasteiger partial charge in [0.25, 0.3) is 0 Å². The number of aromatic nitrogens is 1. The molecule has 1 aromatic heterocycles. The summed E-state index contributed by atoms with van der Waals surface area (Å²) in [5, 5.41) is 3.14. The molecule has 0 saturated heterocycles. The lowest BCUT2D eigenvalue weighted by Crippen LogP contribution is -2.24. The van der Waals surface area contributed by atoms with E-state index in [1.165, 1.54) is 18.2 Å². The van der Waals surface area contributed by atoms with Gasteiger partial charge in [-0.2, -0.15) is 0 Å². The number of hydrogen-bond donors (Lipinski definition) is 1. The molecule has 0 aliphatic heterocycles. The van der Waals surface area contributed by atoms with Gasteiger partial charge in [0.05, 0.1) is 11.9 Å². The molecule has 2 atom stereocenters. The predicted octanol–water partition coefficient (Wildman–Crippen LogP) is 3.91. The van der Waals surface area contributed by atoms with Gasteiger partial charge in [0.1, 0.15) is 17.5 Å². The quantitative estimate of drug-likeness (QED) is 0.918. The molecule has 0 amide bonds. The smallest absolute Gasteiger partial charge is 0.141 e. The zero-order valence-electron chi connectivity index (χ0n) is 11.2. The van der Waals surface area contributed by atoms with Crippen LogP contribution in [0.1, 0.15) is 37.2 Å². The van der Waals surface area contributed by atoms with Crippen molar-refractivity contribution < 1.29 is 13.2 Å². The monoisotopic (exact) mass is 280 g/mol. The summed E-state index contributed by atoms with van der Waals surface area (Å²) >= 11 is 0. The van der Waals surface area contributed by atoms with Gasteiger partial charge >= 0.3 is 0 Å². The van der Waals surface area contributed by atoms with Crippen LogP contribution in [-0.2, 0) is 0 Å². The van der Waals surface area contributed by atoms with Crippen LogP contribution in [0.5, 0.6) is 0 Å². The van der Waals surface area contributed by atoms with Gasteiger partial charge in [0.15, 0.2) is 0 Å². The highest BCUT2D eigenvalue weighted by molar-refractivity contribution is 5.22. The van der Waals surface area contributed by atoms with Crippen LogP contribution in [-0.4, -0.2) is 4.98 Å². The molecule has 1 heterocycles. The number of pyridine rings is 1. The SMILES string of the molecule is CC(NC(C)c1ccc(F)cc1F)c1ccc(F)cn1. The number of rotatable bonds is 4. The molecule has 2 nitrogen and oxygen atoms in total. The fourth-order valence-corrected chi connectivity index (χ4v) is 2.05. The van der Waals surface area contributed by atoms with E-state index >= 15 is 0 Å². The first-order valence-corrected chi connectivity index (χ1v) is 6.30. The molecule has 0 fully saturated rings. The summed E-state index contributed by atoms with van der Waals surface area (Å²) in [6.07, 6.45) is 1.14. The molecule has 5 heteroatoms. The fourth-order valence-electron chi connectivity index (χ4n) is 2.05. The average molecular weight is 280 g/mol. The molecule has 2 rings (SSSR count). The topological polar surface area (TPSA) is 24.9 Å². The van der Waals surface area contributed by atoms with Gasteiger partial charge < -0.3 is 5.32 Å². The molecule has 0 aliphatic rings. The Bertz CT molecular complexity index is 584. The van der Waals surface area contributed by atoms with Gasteiger partial charge in [-0.1, -0.05) is 6.07 Å².